The number of ether oxygens (including phenoxy) is 1. The zero-order valence-electron chi connectivity index (χ0n) is 18.6. The van der Waals surface area contributed by atoms with E-state index in [0.29, 0.717) is 41.5 Å². The molecule has 0 saturated heterocycles. The molecule has 1 aliphatic rings. The summed E-state index contributed by atoms with van der Waals surface area (Å²) in [6.07, 6.45) is 9.27. The lowest BCUT2D eigenvalue weighted by Gasteiger charge is -2.17. The van der Waals surface area contributed by atoms with Crippen LogP contribution in [0.15, 0.2) is 85.7 Å². The van der Waals surface area contributed by atoms with Crippen LogP contribution in [0.4, 0.5) is 0 Å². The Labute approximate surface area is 206 Å². The Hall–Kier alpha value is -4.17. The van der Waals surface area contributed by atoms with Crippen LogP contribution in [-0.2, 0) is 11.3 Å². The number of hydrogen-bond acceptors (Lipinski definition) is 5. The lowest BCUT2D eigenvalue weighted by Crippen LogP contribution is -2.48. The van der Waals surface area contributed by atoms with Crippen molar-refractivity contribution in [3.63, 3.8) is 0 Å². The highest BCUT2D eigenvalue weighted by Crippen LogP contribution is 2.36. The van der Waals surface area contributed by atoms with Gasteiger partial charge in [-0.1, -0.05) is 23.7 Å². The summed E-state index contributed by atoms with van der Waals surface area (Å²) in [5.74, 6) is 0.614. The van der Waals surface area contributed by atoms with Crippen LogP contribution in [0.1, 0.15) is 28.8 Å². The molecule has 5 rings (SSSR count). The van der Waals surface area contributed by atoms with Crippen LogP contribution >= 0.6 is 11.6 Å². The molecule has 176 valence electrons. The second kappa shape index (κ2) is 9.60. The van der Waals surface area contributed by atoms with Gasteiger partial charge in [0.05, 0.1) is 10.6 Å². The number of aromatic nitrogens is 3. The summed E-state index contributed by atoms with van der Waals surface area (Å²) < 4.78 is 7.89. The molecule has 4 aromatic rings. The molecular weight excluding hydrogens is 466 g/mol. The van der Waals surface area contributed by atoms with Gasteiger partial charge < -0.3 is 19.9 Å². The molecule has 2 N–H and O–H groups in total. The Morgan fingerprint density at radius 2 is 1.74 bits per heavy atom. The van der Waals surface area contributed by atoms with Crippen molar-refractivity contribution in [2.24, 2.45) is 0 Å². The van der Waals surface area contributed by atoms with Gasteiger partial charge in [-0.3, -0.25) is 9.59 Å². The van der Waals surface area contributed by atoms with Gasteiger partial charge in [-0.25, -0.2) is 9.97 Å². The second-order valence-corrected chi connectivity index (χ2v) is 8.70. The number of amides is 2. The third-order valence-electron chi connectivity index (χ3n) is 5.78. The van der Waals surface area contributed by atoms with E-state index in [-0.39, 0.29) is 11.8 Å². The average Bonchev–Trinajstić information content (AvgIpc) is 3.45. The molecule has 1 aliphatic carbocycles. The maximum Gasteiger partial charge on any atom is 0.255 e. The maximum absolute atomic E-state index is 12.7. The molecule has 0 atom stereocenters. The summed E-state index contributed by atoms with van der Waals surface area (Å²) >= 11 is 6.41. The molecule has 2 aromatic carbocycles. The highest BCUT2D eigenvalue weighted by molar-refractivity contribution is 6.32. The van der Waals surface area contributed by atoms with Crippen molar-refractivity contribution < 1.29 is 14.3 Å². The van der Waals surface area contributed by atoms with E-state index in [0.717, 1.165) is 11.3 Å². The zero-order chi connectivity index (χ0) is 24.3. The summed E-state index contributed by atoms with van der Waals surface area (Å²) in [6, 6.07) is 16.9. The van der Waals surface area contributed by atoms with E-state index < -0.39 is 5.54 Å². The van der Waals surface area contributed by atoms with Gasteiger partial charge in [-0.2, -0.15) is 0 Å². The molecule has 0 unspecified atom stereocenters. The molecule has 35 heavy (non-hydrogen) atoms. The van der Waals surface area contributed by atoms with E-state index >= 15 is 0 Å². The van der Waals surface area contributed by atoms with E-state index in [1.807, 2.05) is 71.6 Å². The number of nitrogens with zero attached hydrogens (tertiary/aromatic N) is 3. The fraction of sp³-hybridized carbons (Fsp3) is 0.154. The first-order valence-corrected chi connectivity index (χ1v) is 11.5. The molecule has 1 fully saturated rings. The lowest BCUT2D eigenvalue weighted by atomic mass is 10.2. The Kier molecular flexibility index (Phi) is 6.20. The zero-order valence-corrected chi connectivity index (χ0v) is 19.4. The molecule has 9 heteroatoms. The van der Waals surface area contributed by atoms with Crippen LogP contribution in [0.3, 0.4) is 0 Å². The summed E-state index contributed by atoms with van der Waals surface area (Å²) in [5, 5.41) is 6.22. The standard InChI is InChI=1S/C26H22ClN5O3/c27-22-13-20(32-11-1-2-12-32)5-8-23(22)35-21-6-3-18(4-7-21)14-30-25(34)26(9-10-26)31-24(33)19-15-28-17-29-16-19/h1-8,11-13,15-17H,9-10,14H2,(H,30,34)(H,31,33). The van der Waals surface area contributed by atoms with Gasteiger partial charge in [0.15, 0.2) is 0 Å². The van der Waals surface area contributed by atoms with Crippen LogP contribution in [0.25, 0.3) is 5.69 Å². The number of rotatable bonds is 8. The Morgan fingerprint density at radius 1 is 1.03 bits per heavy atom. The van der Waals surface area contributed by atoms with E-state index in [2.05, 4.69) is 20.6 Å². The average molecular weight is 488 g/mol. The molecule has 2 aromatic heterocycles. The van der Waals surface area contributed by atoms with Crippen molar-refractivity contribution in [2.45, 2.75) is 24.9 Å². The quantitative estimate of drug-likeness (QED) is 0.386. The van der Waals surface area contributed by atoms with Crippen LogP contribution in [0, 0.1) is 0 Å². The smallest absolute Gasteiger partial charge is 0.255 e. The molecule has 2 heterocycles. The van der Waals surface area contributed by atoms with Gasteiger partial charge in [0, 0.05) is 37.0 Å². The monoisotopic (exact) mass is 487 g/mol. The van der Waals surface area contributed by atoms with Crippen LogP contribution in [0.2, 0.25) is 5.02 Å². The second-order valence-electron chi connectivity index (χ2n) is 8.30. The molecule has 0 aliphatic heterocycles. The van der Waals surface area contributed by atoms with Crippen molar-refractivity contribution in [2.75, 3.05) is 0 Å². The number of nitrogens with one attached hydrogen (secondary N) is 2. The third-order valence-corrected chi connectivity index (χ3v) is 6.08. The molecular formula is C26H22ClN5O3. The van der Waals surface area contributed by atoms with Gasteiger partial charge >= 0.3 is 0 Å². The molecule has 2 amide bonds. The predicted octanol–water partition coefficient (Wildman–Crippen LogP) is 4.29. The maximum atomic E-state index is 12.7. The van der Waals surface area contributed by atoms with Crippen molar-refractivity contribution in [1.82, 2.24) is 25.2 Å². The molecule has 8 nitrogen and oxygen atoms in total. The minimum atomic E-state index is -0.875. The summed E-state index contributed by atoms with van der Waals surface area (Å²) in [4.78, 5) is 32.8. The molecule has 0 radical (unpaired) electrons. The highest BCUT2D eigenvalue weighted by Gasteiger charge is 2.51. The highest BCUT2D eigenvalue weighted by atomic mass is 35.5. The van der Waals surface area contributed by atoms with E-state index in [1.54, 1.807) is 0 Å². The van der Waals surface area contributed by atoms with Crippen LogP contribution in [0.5, 0.6) is 11.5 Å². The first-order chi connectivity index (χ1) is 17.0. The number of halogens is 1. The summed E-state index contributed by atoms with van der Waals surface area (Å²) in [7, 11) is 0. The van der Waals surface area contributed by atoms with E-state index in [9.17, 15) is 9.59 Å². The van der Waals surface area contributed by atoms with Crippen LogP contribution < -0.4 is 15.4 Å². The number of carbonyl (C=O) groups excluding carboxylic acids is 2. The van der Waals surface area contributed by atoms with Gasteiger partial charge in [0.2, 0.25) is 5.91 Å². The summed E-state index contributed by atoms with van der Waals surface area (Å²) in [5.41, 5.74) is 1.29. The van der Waals surface area contributed by atoms with Crippen molar-refractivity contribution in [3.05, 3.63) is 102 Å². The number of carbonyl (C=O) groups is 2. The van der Waals surface area contributed by atoms with E-state index in [1.165, 1.54) is 18.7 Å². The minimum absolute atomic E-state index is 0.211. The Bertz CT molecular complexity index is 1340. The summed E-state index contributed by atoms with van der Waals surface area (Å²) in [6.45, 7) is 0.331. The van der Waals surface area contributed by atoms with Crippen molar-refractivity contribution in [3.8, 4) is 17.2 Å². The molecule has 1 saturated carbocycles. The fourth-order valence-corrected chi connectivity index (χ4v) is 3.85. The van der Waals surface area contributed by atoms with Crippen molar-refractivity contribution >= 4 is 23.4 Å². The topological polar surface area (TPSA) is 98.1 Å². The molecule has 0 spiro atoms. The van der Waals surface area contributed by atoms with Gasteiger partial charge in [-0.15, -0.1) is 0 Å². The van der Waals surface area contributed by atoms with Crippen LogP contribution in [-0.4, -0.2) is 31.9 Å². The molecule has 0 bridgehead atoms. The minimum Gasteiger partial charge on any atom is -0.456 e. The first-order valence-electron chi connectivity index (χ1n) is 11.1. The number of benzene rings is 2. The largest absolute Gasteiger partial charge is 0.456 e. The van der Waals surface area contributed by atoms with Gasteiger partial charge in [-0.05, 0) is 60.9 Å². The van der Waals surface area contributed by atoms with E-state index in [4.69, 9.17) is 16.3 Å². The SMILES string of the molecule is O=C(NC1(C(=O)NCc2ccc(Oc3ccc(-n4cccc4)cc3Cl)cc2)CC1)c1cncnc1. The van der Waals surface area contributed by atoms with Gasteiger partial charge in [0.25, 0.3) is 5.91 Å². The normalized spacial score (nSPS) is 13.6. The Balaban J connectivity index is 1.16. The van der Waals surface area contributed by atoms with Crippen molar-refractivity contribution in [1.29, 1.82) is 0 Å². The Morgan fingerprint density at radius 3 is 2.40 bits per heavy atom. The predicted molar refractivity (Wildman–Crippen MR) is 131 cm³/mol. The number of hydrogen-bond donors (Lipinski definition) is 2. The van der Waals surface area contributed by atoms with Gasteiger partial charge in [0.1, 0.15) is 23.4 Å². The first kappa shape index (κ1) is 22.6. The fourth-order valence-electron chi connectivity index (χ4n) is 3.63. The third kappa shape index (κ3) is 5.17. The lowest BCUT2D eigenvalue weighted by molar-refractivity contribution is -0.124.